The molecule has 1 aromatic rings. The van der Waals surface area contributed by atoms with Crippen molar-refractivity contribution in [3.8, 4) is 0 Å². The predicted molar refractivity (Wildman–Crippen MR) is 86.9 cm³/mol. The molecule has 3 rings (SSSR count). The van der Waals surface area contributed by atoms with E-state index in [1.807, 2.05) is 0 Å². The summed E-state index contributed by atoms with van der Waals surface area (Å²) in [6, 6.07) is 3.99. The maximum Gasteiger partial charge on any atom is 0.416 e. The van der Waals surface area contributed by atoms with E-state index in [9.17, 15) is 27.6 Å². The summed E-state index contributed by atoms with van der Waals surface area (Å²) < 4.78 is 37.6. The highest BCUT2D eigenvalue weighted by molar-refractivity contribution is 6.09. The van der Waals surface area contributed by atoms with E-state index in [2.05, 4.69) is 5.32 Å². The molecule has 2 aliphatic rings. The molecule has 1 N–H and O–H groups in total. The molecular formula is C18H19F3N2O3. The van der Waals surface area contributed by atoms with Crippen molar-refractivity contribution in [1.29, 1.82) is 0 Å². The lowest BCUT2D eigenvalue weighted by molar-refractivity contribution is -0.144. The van der Waals surface area contributed by atoms with Gasteiger partial charge in [0.2, 0.25) is 17.7 Å². The van der Waals surface area contributed by atoms with E-state index in [1.165, 1.54) is 0 Å². The number of anilines is 1. The first kappa shape index (κ1) is 18.4. The molecule has 1 aromatic carbocycles. The molecule has 0 radical (unpaired) electrons. The Bertz CT molecular complexity index is 722. The maximum atomic E-state index is 12.6. The highest BCUT2D eigenvalue weighted by Crippen LogP contribution is 2.45. The lowest BCUT2D eigenvalue weighted by atomic mass is 9.73. The van der Waals surface area contributed by atoms with E-state index in [0.29, 0.717) is 12.8 Å². The SMILES string of the molecule is O=C(CN1C(=O)CC2(CCCCC2)C1=O)Nc1ccc(C(F)(F)F)cc1. The fourth-order valence-electron chi connectivity index (χ4n) is 3.73. The van der Waals surface area contributed by atoms with Gasteiger partial charge in [0.1, 0.15) is 6.54 Å². The minimum Gasteiger partial charge on any atom is -0.325 e. The third-order valence-corrected chi connectivity index (χ3v) is 5.10. The number of amides is 3. The first-order chi connectivity index (χ1) is 12.2. The second-order valence-electron chi connectivity index (χ2n) is 6.93. The van der Waals surface area contributed by atoms with Gasteiger partial charge < -0.3 is 5.32 Å². The summed E-state index contributed by atoms with van der Waals surface area (Å²) in [4.78, 5) is 37.9. The molecule has 1 aliphatic heterocycles. The highest BCUT2D eigenvalue weighted by atomic mass is 19.4. The number of benzene rings is 1. The molecule has 5 nitrogen and oxygen atoms in total. The summed E-state index contributed by atoms with van der Waals surface area (Å²) >= 11 is 0. The van der Waals surface area contributed by atoms with Crippen molar-refractivity contribution in [2.45, 2.75) is 44.7 Å². The molecule has 1 saturated heterocycles. The van der Waals surface area contributed by atoms with E-state index in [1.54, 1.807) is 0 Å². The van der Waals surface area contributed by atoms with Crippen molar-refractivity contribution in [2.24, 2.45) is 5.41 Å². The second kappa shape index (κ2) is 6.74. The smallest absolute Gasteiger partial charge is 0.325 e. The van der Waals surface area contributed by atoms with Crippen molar-refractivity contribution in [1.82, 2.24) is 4.90 Å². The van der Waals surface area contributed by atoms with Gasteiger partial charge in [-0.25, -0.2) is 0 Å². The lowest BCUT2D eigenvalue weighted by Gasteiger charge is -2.30. The minimum atomic E-state index is -4.45. The van der Waals surface area contributed by atoms with Crippen molar-refractivity contribution < 1.29 is 27.6 Å². The normalized spacial score (nSPS) is 19.9. The van der Waals surface area contributed by atoms with Crippen LogP contribution < -0.4 is 5.32 Å². The van der Waals surface area contributed by atoms with Gasteiger partial charge in [0.05, 0.1) is 11.0 Å². The number of carbonyl (C=O) groups excluding carboxylic acids is 3. The Morgan fingerprint density at radius 1 is 1.08 bits per heavy atom. The summed E-state index contributed by atoms with van der Waals surface area (Å²) in [5.74, 6) is -1.27. The second-order valence-corrected chi connectivity index (χ2v) is 6.93. The number of nitrogens with one attached hydrogen (secondary N) is 1. The summed E-state index contributed by atoms with van der Waals surface area (Å²) in [6.45, 7) is -0.416. The van der Waals surface area contributed by atoms with Crippen LogP contribution in [0.1, 0.15) is 44.1 Å². The van der Waals surface area contributed by atoms with Gasteiger partial charge in [-0.15, -0.1) is 0 Å². The molecule has 0 unspecified atom stereocenters. The number of halogens is 3. The van der Waals surface area contributed by atoms with Gasteiger partial charge in [-0.2, -0.15) is 13.2 Å². The van der Waals surface area contributed by atoms with Crippen LogP contribution in [0, 0.1) is 5.41 Å². The average molecular weight is 368 g/mol. The molecule has 140 valence electrons. The number of likely N-dealkylation sites (tertiary alicyclic amines) is 1. The van der Waals surface area contributed by atoms with Gasteiger partial charge in [-0.05, 0) is 37.1 Å². The number of nitrogens with zero attached hydrogens (tertiary/aromatic N) is 1. The molecule has 1 saturated carbocycles. The monoisotopic (exact) mass is 368 g/mol. The van der Waals surface area contributed by atoms with Crippen molar-refractivity contribution in [2.75, 3.05) is 11.9 Å². The van der Waals surface area contributed by atoms with Crippen LogP contribution in [0.2, 0.25) is 0 Å². The fourth-order valence-corrected chi connectivity index (χ4v) is 3.73. The van der Waals surface area contributed by atoms with Gasteiger partial charge >= 0.3 is 6.18 Å². The molecule has 1 aliphatic carbocycles. The molecule has 0 bridgehead atoms. The Morgan fingerprint density at radius 2 is 1.69 bits per heavy atom. The van der Waals surface area contributed by atoms with Crippen LogP contribution in [0.3, 0.4) is 0 Å². The topological polar surface area (TPSA) is 66.5 Å². The van der Waals surface area contributed by atoms with Crippen molar-refractivity contribution in [3.05, 3.63) is 29.8 Å². The fraction of sp³-hybridized carbons (Fsp3) is 0.500. The molecule has 1 heterocycles. The van der Waals surface area contributed by atoms with Crippen LogP contribution in [-0.2, 0) is 20.6 Å². The zero-order valence-corrected chi connectivity index (χ0v) is 14.1. The van der Waals surface area contributed by atoms with Crippen LogP contribution in [0.25, 0.3) is 0 Å². The molecule has 2 fully saturated rings. The summed E-state index contributed by atoms with van der Waals surface area (Å²) in [5.41, 5.74) is -1.31. The van der Waals surface area contributed by atoms with E-state index >= 15 is 0 Å². The van der Waals surface area contributed by atoms with Crippen LogP contribution in [0.4, 0.5) is 18.9 Å². The van der Waals surface area contributed by atoms with Crippen LogP contribution in [-0.4, -0.2) is 29.2 Å². The quantitative estimate of drug-likeness (QED) is 0.832. The third kappa shape index (κ3) is 3.59. The number of rotatable bonds is 3. The average Bonchev–Trinajstić information content (AvgIpc) is 2.79. The standard InChI is InChI=1S/C18H19F3N2O3/c19-18(20,21)12-4-6-13(7-5-12)22-14(24)11-23-15(25)10-17(16(23)26)8-2-1-3-9-17/h4-7H,1-3,8-11H2,(H,22,24). The van der Waals surface area contributed by atoms with E-state index in [0.717, 1.165) is 48.4 Å². The Hall–Kier alpha value is -2.38. The number of hydrogen-bond acceptors (Lipinski definition) is 3. The first-order valence-electron chi connectivity index (χ1n) is 8.53. The molecule has 1 spiro atoms. The summed E-state index contributed by atoms with van der Waals surface area (Å²) in [5, 5.41) is 2.43. The molecule has 8 heteroatoms. The van der Waals surface area contributed by atoms with Gasteiger partial charge in [0.15, 0.2) is 0 Å². The predicted octanol–water partition coefficient (Wildman–Crippen LogP) is 3.35. The number of hydrogen-bond donors (Lipinski definition) is 1. The Morgan fingerprint density at radius 3 is 2.27 bits per heavy atom. The Balaban J connectivity index is 1.63. The van der Waals surface area contributed by atoms with Gasteiger partial charge in [0.25, 0.3) is 0 Å². The zero-order valence-electron chi connectivity index (χ0n) is 14.1. The molecule has 26 heavy (non-hydrogen) atoms. The van der Waals surface area contributed by atoms with Gasteiger partial charge in [-0.3, -0.25) is 19.3 Å². The van der Waals surface area contributed by atoms with E-state index in [4.69, 9.17) is 0 Å². The number of imide groups is 1. The lowest BCUT2D eigenvalue weighted by Crippen LogP contribution is -2.41. The molecular weight excluding hydrogens is 349 g/mol. The van der Waals surface area contributed by atoms with Crippen molar-refractivity contribution in [3.63, 3.8) is 0 Å². The molecule has 3 amide bonds. The van der Waals surface area contributed by atoms with Crippen LogP contribution in [0.15, 0.2) is 24.3 Å². The van der Waals surface area contributed by atoms with Gasteiger partial charge in [-0.1, -0.05) is 19.3 Å². The molecule has 0 aromatic heterocycles. The third-order valence-electron chi connectivity index (χ3n) is 5.10. The van der Waals surface area contributed by atoms with E-state index in [-0.39, 0.29) is 23.9 Å². The summed E-state index contributed by atoms with van der Waals surface area (Å²) in [7, 11) is 0. The number of alkyl halides is 3. The Labute approximate surface area is 148 Å². The highest BCUT2D eigenvalue weighted by Gasteiger charge is 2.51. The van der Waals surface area contributed by atoms with Crippen LogP contribution in [0.5, 0.6) is 0 Å². The zero-order chi connectivity index (χ0) is 18.9. The summed E-state index contributed by atoms with van der Waals surface area (Å²) in [6.07, 6.45) is -0.166. The number of carbonyl (C=O) groups is 3. The van der Waals surface area contributed by atoms with Crippen LogP contribution >= 0.6 is 0 Å². The van der Waals surface area contributed by atoms with Gasteiger partial charge in [0, 0.05) is 12.1 Å². The maximum absolute atomic E-state index is 12.6. The largest absolute Gasteiger partial charge is 0.416 e. The Kier molecular flexibility index (Phi) is 4.77. The van der Waals surface area contributed by atoms with Crippen molar-refractivity contribution >= 4 is 23.4 Å². The minimum absolute atomic E-state index is 0.138. The first-order valence-corrected chi connectivity index (χ1v) is 8.53. The van der Waals surface area contributed by atoms with E-state index < -0.39 is 29.6 Å². The molecule has 0 atom stereocenters.